The second-order valence-electron chi connectivity index (χ2n) is 4.59. The molecule has 1 heterocycles. The Morgan fingerprint density at radius 1 is 1.41 bits per heavy atom. The number of hydrogen-bond acceptors (Lipinski definition) is 4. The van der Waals surface area contributed by atoms with Gasteiger partial charge in [-0.05, 0) is 12.1 Å². The molecule has 0 saturated carbocycles. The highest BCUT2D eigenvalue weighted by Gasteiger charge is 2.12. The highest BCUT2D eigenvalue weighted by Crippen LogP contribution is 2.23. The second kappa shape index (κ2) is 7.70. The first-order valence-corrected chi connectivity index (χ1v) is 7.82. The Hall–Kier alpha value is -2.21. The number of methoxy groups -OCH3 is 1. The lowest BCUT2D eigenvalue weighted by atomic mass is 10.3. The van der Waals surface area contributed by atoms with Gasteiger partial charge in [0.15, 0.2) is 5.16 Å². The smallest absolute Gasteiger partial charge is 0.233 e. The van der Waals surface area contributed by atoms with Gasteiger partial charge in [0, 0.05) is 19.2 Å². The average molecular weight is 317 g/mol. The fourth-order valence-electron chi connectivity index (χ4n) is 1.97. The minimum absolute atomic E-state index is 0.0304. The Kier molecular flexibility index (Phi) is 5.66. The predicted molar refractivity (Wildman–Crippen MR) is 90.3 cm³/mol. The molecule has 1 aromatic heterocycles. The van der Waals surface area contributed by atoms with Crippen LogP contribution in [0.3, 0.4) is 0 Å². The van der Waals surface area contributed by atoms with E-state index in [1.165, 1.54) is 11.8 Å². The highest BCUT2D eigenvalue weighted by atomic mass is 32.2. The summed E-state index contributed by atoms with van der Waals surface area (Å²) in [5.74, 6) is 1.12. The maximum Gasteiger partial charge on any atom is 0.233 e. The maximum absolute atomic E-state index is 12.2. The lowest BCUT2D eigenvalue weighted by Crippen LogP contribution is -2.32. The molecule has 5 nitrogen and oxygen atoms in total. The van der Waals surface area contributed by atoms with E-state index >= 15 is 0 Å². The van der Waals surface area contributed by atoms with Crippen LogP contribution in [0.5, 0.6) is 5.75 Å². The number of amides is 1. The number of nitrogens with zero attached hydrogens (tertiary/aromatic N) is 2. The number of ether oxygens (including phenoxy) is 1. The summed E-state index contributed by atoms with van der Waals surface area (Å²) < 4.78 is 5.18. The van der Waals surface area contributed by atoms with Gasteiger partial charge < -0.3 is 14.6 Å². The zero-order chi connectivity index (χ0) is 15.9. The number of benzene rings is 1. The molecule has 1 amide bonds. The number of fused-ring (bicyclic) bond motifs is 1. The summed E-state index contributed by atoms with van der Waals surface area (Å²) in [5.41, 5.74) is 1.74. The summed E-state index contributed by atoms with van der Waals surface area (Å²) in [7, 11) is 1.62. The summed E-state index contributed by atoms with van der Waals surface area (Å²) in [6, 6.07) is 5.63. The molecule has 1 N–H and O–H groups in total. The number of thioether (sulfide) groups is 1. The van der Waals surface area contributed by atoms with E-state index in [1.807, 2.05) is 18.2 Å². The van der Waals surface area contributed by atoms with Crippen molar-refractivity contribution in [1.29, 1.82) is 0 Å². The quantitative estimate of drug-likeness (QED) is 0.601. The molecular weight excluding hydrogens is 298 g/mol. The van der Waals surface area contributed by atoms with Gasteiger partial charge >= 0.3 is 0 Å². The zero-order valence-electron chi connectivity index (χ0n) is 12.5. The molecule has 0 bridgehead atoms. The van der Waals surface area contributed by atoms with Gasteiger partial charge in [-0.1, -0.05) is 23.9 Å². The normalized spacial score (nSPS) is 10.4. The molecule has 0 unspecified atom stereocenters. The van der Waals surface area contributed by atoms with E-state index in [2.05, 4.69) is 23.1 Å². The van der Waals surface area contributed by atoms with Crippen molar-refractivity contribution in [2.75, 3.05) is 26.0 Å². The molecule has 0 aliphatic heterocycles. The van der Waals surface area contributed by atoms with Crippen LogP contribution < -0.4 is 4.74 Å². The van der Waals surface area contributed by atoms with Gasteiger partial charge in [0.25, 0.3) is 0 Å². The Morgan fingerprint density at radius 2 is 2.14 bits per heavy atom. The first-order valence-electron chi connectivity index (χ1n) is 6.84. The van der Waals surface area contributed by atoms with E-state index in [0.29, 0.717) is 24.0 Å². The number of nitrogens with one attached hydrogen (secondary N) is 1. The minimum atomic E-state index is 0.0304. The molecule has 0 aliphatic rings. The molecule has 0 saturated heterocycles. The van der Waals surface area contributed by atoms with Crippen LogP contribution in [0.15, 0.2) is 48.7 Å². The van der Waals surface area contributed by atoms with Crippen LogP contribution >= 0.6 is 11.8 Å². The number of carbonyl (C=O) groups excluding carboxylic acids is 1. The first-order chi connectivity index (χ1) is 10.7. The van der Waals surface area contributed by atoms with E-state index in [9.17, 15) is 4.79 Å². The lowest BCUT2D eigenvalue weighted by Gasteiger charge is -2.18. The van der Waals surface area contributed by atoms with Crippen molar-refractivity contribution in [2.45, 2.75) is 5.16 Å². The van der Waals surface area contributed by atoms with Gasteiger partial charge in [-0.2, -0.15) is 0 Å². The summed E-state index contributed by atoms with van der Waals surface area (Å²) in [5, 5.41) is 0.716. The fraction of sp³-hybridized carbons (Fsp3) is 0.250. The largest absolute Gasteiger partial charge is 0.497 e. The van der Waals surface area contributed by atoms with Gasteiger partial charge in [0.05, 0.1) is 23.9 Å². The number of H-pyrrole nitrogens is 1. The number of rotatable bonds is 8. The third-order valence-corrected chi connectivity index (χ3v) is 3.91. The molecule has 0 atom stereocenters. The van der Waals surface area contributed by atoms with Gasteiger partial charge in [-0.25, -0.2) is 4.98 Å². The first kappa shape index (κ1) is 16.2. The third-order valence-electron chi connectivity index (χ3n) is 3.05. The molecule has 1 aromatic carbocycles. The number of aromatic amines is 1. The maximum atomic E-state index is 12.2. The van der Waals surface area contributed by atoms with Gasteiger partial charge in [0.2, 0.25) is 5.91 Å². The van der Waals surface area contributed by atoms with Gasteiger partial charge in [-0.3, -0.25) is 4.79 Å². The van der Waals surface area contributed by atoms with E-state index < -0.39 is 0 Å². The van der Waals surface area contributed by atoms with Crippen molar-refractivity contribution >= 4 is 28.7 Å². The molecule has 0 spiro atoms. The predicted octanol–water partition coefficient (Wildman–Crippen LogP) is 2.86. The Bertz CT molecular complexity index is 671. The molecule has 0 aliphatic carbocycles. The van der Waals surface area contributed by atoms with Crippen molar-refractivity contribution in [1.82, 2.24) is 14.9 Å². The molecular formula is C16H19N3O2S. The van der Waals surface area contributed by atoms with E-state index in [4.69, 9.17) is 4.74 Å². The standard InChI is InChI=1S/C16H19N3O2S/c1-4-8-19(9-5-2)15(20)11-22-16-17-13-7-6-12(21-3)10-14(13)18-16/h4-7,10H,1-2,8-9,11H2,3H3,(H,17,18). The summed E-state index contributed by atoms with van der Waals surface area (Å²) >= 11 is 1.38. The van der Waals surface area contributed by atoms with Crippen LogP contribution in [-0.2, 0) is 4.79 Å². The molecule has 6 heteroatoms. The molecule has 2 aromatic rings. The van der Waals surface area contributed by atoms with Crippen LogP contribution in [0.25, 0.3) is 11.0 Å². The summed E-state index contributed by atoms with van der Waals surface area (Å²) in [6.07, 6.45) is 3.42. The van der Waals surface area contributed by atoms with Crippen LogP contribution in [0.4, 0.5) is 0 Å². The van der Waals surface area contributed by atoms with Crippen LogP contribution in [0.1, 0.15) is 0 Å². The molecule has 116 valence electrons. The third kappa shape index (κ3) is 3.92. The second-order valence-corrected chi connectivity index (χ2v) is 5.55. The summed E-state index contributed by atoms with van der Waals surface area (Å²) in [4.78, 5) is 21.5. The van der Waals surface area contributed by atoms with Crippen LogP contribution in [0.2, 0.25) is 0 Å². The Labute approximate surface area is 134 Å². The van der Waals surface area contributed by atoms with Gasteiger partial charge in [-0.15, -0.1) is 13.2 Å². The molecule has 0 fully saturated rings. The van der Waals surface area contributed by atoms with E-state index in [0.717, 1.165) is 16.8 Å². The summed E-state index contributed by atoms with van der Waals surface area (Å²) in [6.45, 7) is 8.36. The number of aromatic nitrogens is 2. The Morgan fingerprint density at radius 3 is 2.77 bits per heavy atom. The highest BCUT2D eigenvalue weighted by molar-refractivity contribution is 7.99. The Balaban J connectivity index is 2.02. The van der Waals surface area contributed by atoms with Crippen molar-refractivity contribution in [3.05, 3.63) is 43.5 Å². The van der Waals surface area contributed by atoms with E-state index in [-0.39, 0.29) is 5.91 Å². The SMILES string of the molecule is C=CCN(CC=C)C(=O)CSc1nc2ccc(OC)cc2[nH]1. The molecule has 22 heavy (non-hydrogen) atoms. The van der Waals surface area contributed by atoms with Gasteiger partial charge in [0.1, 0.15) is 5.75 Å². The monoisotopic (exact) mass is 317 g/mol. The number of hydrogen-bond donors (Lipinski definition) is 1. The average Bonchev–Trinajstić information content (AvgIpc) is 2.94. The topological polar surface area (TPSA) is 58.2 Å². The van der Waals surface area contributed by atoms with Crippen LogP contribution in [-0.4, -0.2) is 46.7 Å². The van der Waals surface area contributed by atoms with Crippen molar-refractivity contribution in [3.8, 4) is 5.75 Å². The fourth-order valence-corrected chi connectivity index (χ4v) is 2.76. The number of imidazole rings is 1. The van der Waals surface area contributed by atoms with Crippen molar-refractivity contribution in [3.63, 3.8) is 0 Å². The zero-order valence-corrected chi connectivity index (χ0v) is 13.4. The lowest BCUT2D eigenvalue weighted by molar-refractivity contribution is -0.127. The van der Waals surface area contributed by atoms with E-state index in [1.54, 1.807) is 24.2 Å². The minimum Gasteiger partial charge on any atom is -0.497 e. The van der Waals surface area contributed by atoms with Crippen molar-refractivity contribution in [2.24, 2.45) is 0 Å². The molecule has 2 rings (SSSR count). The molecule has 0 radical (unpaired) electrons. The number of carbonyl (C=O) groups is 1. The van der Waals surface area contributed by atoms with Crippen molar-refractivity contribution < 1.29 is 9.53 Å². The van der Waals surface area contributed by atoms with Crippen LogP contribution in [0, 0.1) is 0 Å².